The molecule has 1 aromatic carbocycles. The van der Waals surface area contributed by atoms with Gasteiger partial charge in [0, 0.05) is 13.1 Å². The number of anilines is 2. The largest absolute Gasteiger partial charge is 0.478 e. The molecule has 0 aromatic heterocycles. The van der Waals surface area contributed by atoms with Gasteiger partial charge in [0.1, 0.15) is 11.4 Å². The van der Waals surface area contributed by atoms with Crippen LogP contribution in [0.25, 0.3) is 0 Å². The molecule has 1 aliphatic rings. The predicted octanol–water partition coefficient (Wildman–Crippen LogP) is 1.47. The van der Waals surface area contributed by atoms with E-state index in [4.69, 9.17) is 10.8 Å². The zero-order valence-electron chi connectivity index (χ0n) is 10.8. The molecule has 1 unspecified atom stereocenters. The summed E-state index contributed by atoms with van der Waals surface area (Å²) < 4.78 is 13.3. The Labute approximate surface area is 111 Å². The minimum Gasteiger partial charge on any atom is -0.478 e. The molecule has 1 atom stereocenters. The van der Waals surface area contributed by atoms with Crippen LogP contribution in [0.5, 0.6) is 0 Å². The molecule has 1 aromatic rings. The van der Waals surface area contributed by atoms with E-state index in [0.29, 0.717) is 18.2 Å². The topological polar surface area (TPSA) is 78.6 Å². The minimum absolute atomic E-state index is 0.189. The number of aromatic carboxylic acids is 1. The van der Waals surface area contributed by atoms with Crippen molar-refractivity contribution in [3.05, 3.63) is 23.5 Å². The fraction of sp³-hybridized carbons (Fsp3) is 0.462. The van der Waals surface area contributed by atoms with E-state index in [1.807, 2.05) is 0 Å². The first-order chi connectivity index (χ1) is 8.99. The Balaban J connectivity index is 2.12. The average molecular weight is 267 g/mol. The van der Waals surface area contributed by atoms with E-state index < -0.39 is 11.8 Å². The quantitative estimate of drug-likeness (QED) is 0.720. The standard InChI is InChI=1S/C13H18FN3O2/c1-17-5-4-8(7-17)6-16-10-3-2-9(14)12(15)11(10)13(18)19/h2-3,8,16H,4-7,15H2,1H3,(H,18,19). The number of carboxylic acid groups (broad SMARTS) is 1. The molecule has 0 aliphatic carbocycles. The van der Waals surface area contributed by atoms with Gasteiger partial charge in [0.15, 0.2) is 0 Å². The number of benzene rings is 1. The molecular formula is C13H18FN3O2. The number of nitrogens with two attached hydrogens (primary N) is 1. The van der Waals surface area contributed by atoms with Gasteiger partial charge in [0.05, 0.1) is 11.4 Å². The Morgan fingerprint density at radius 3 is 2.95 bits per heavy atom. The molecule has 6 heteroatoms. The summed E-state index contributed by atoms with van der Waals surface area (Å²) in [5.74, 6) is -1.45. The van der Waals surface area contributed by atoms with E-state index >= 15 is 0 Å². The maximum Gasteiger partial charge on any atom is 0.340 e. The summed E-state index contributed by atoms with van der Waals surface area (Å²) in [4.78, 5) is 13.4. The Hall–Kier alpha value is -1.82. The van der Waals surface area contributed by atoms with Gasteiger partial charge >= 0.3 is 5.97 Å². The first-order valence-corrected chi connectivity index (χ1v) is 6.22. The van der Waals surface area contributed by atoms with Gasteiger partial charge < -0.3 is 21.1 Å². The van der Waals surface area contributed by atoms with Crippen LogP contribution >= 0.6 is 0 Å². The van der Waals surface area contributed by atoms with Gasteiger partial charge in [-0.1, -0.05) is 0 Å². The average Bonchev–Trinajstić information content (AvgIpc) is 2.76. The summed E-state index contributed by atoms with van der Waals surface area (Å²) in [6.07, 6.45) is 1.07. The van der Waals surface area contributed by atoms with Crippen molar-refractivity contribution in [1.82, 2.24) is 4.90 Å². The number of carbonyl (C=O) groups is 1. The lowest BCUT2D eigenvalue weighted by molar-refractivity contribution is 0.0698. The molecule has 1 aliphatic heterocycles. The zero-order chi connectivity index (χ0) is 14.0. The number of nitrogens with zero attached hydrogens (tertiary/aromatic N) is 1. The smallest absolute Gasteiger partial charge is 0.340 e. The van der Waals surface area contributed by atoms with Gasteiger partial charge in [0.25, 0.3) is 0 Å². The van der Waals surface area contributed by atoms with Gasteiger partial charge in [0.2, 0.25) is 0 Å². The van der Waals surface area contributed by atoms with Crippen molar-refractivity contribution < 1.29 is 14.3 Å². The molecule has 1 fully saturated rings. The Morgan fingerprint density at radius 1 is 1.63 bits per heavy atom. The second kappa shape index (κ2) is 5.44. The number of rotatable bonds is 4. The molecule has 0 radical (unpaired) electrons. The Kier molecular flexibility index (Phi) is 3.90. The number of nitrogen functional groups attached to an aromatic ring is 1. The fourth-order valence-electron chi connectivity index (χ4n) is 2.42. The molecule has 1 saturated heterocycles. The van der Waals surface area contributed by atoms with Gasteiger partial charge in [-0.3, -0.25) is 0 Å². The van der Waals surface area contributed by atoms with Gasteiger partial charge in [-0.2, -0.15) is 0 Å². The van der Waals surface area contributed by atoms with E-state index in [0.717, 1.165) is 19.5 Å². The number of hydrogen-bond acceptors (Lipinski definition) is 4. The summed E-state index contributed by atoms with van der Waals surface area (Å²) in [7, 11) is 2.05. The monoisotopic (exact) mass is 267 g/mol. The maximum absolute atomic E-state index is 13.3. The summed E-state index contributed by atoms with van der Waals surface area (Å²) in [5.41, 5.74) is 5.35. The third kappa shape index (κ3) is 2.96. The van der Waals surface area contributed by atoms with Crippen molar-refractivity contribution in [2.24, 2.45) is 5.92 Å². The van der Waals surface area contributed by atoms with Crippen LogP contribution in [0.15, 0.2) is 12.1 Å². The van der Waals surface area contributed by atoms with Crippen LogP contribution in [0.4, 0.5) is 15.8 Å². The SMILES string of the molecule is CN1CCC(CNc2ccc(F)c(N)c2C(=O)O)C1. The third-order valence-electron chi connectivity index (χ3n) is 3.48. The molecule has 104 valence electrons. The molecule has 2 rings (SSSR count). The van der Waals surface area contributed by atoms with Crippen molar-refractivity contribution in [2.75, 3.05) is 37.7 Å². The van der Waals surface area contributed by atoms with Crippen LogP contribution in [-0.4, -0.2) is 42.7 Å². The summed E-state index contributed by atoms with van der Waals surface area (Å²) in [6.45, 7) is 2.69. The van der Waals surface area contributed by atoms with Crippen molar-refractivity contribution in [2.45, 2.75) is 6.42 Å². The highest BCUT2D eigenvalue weighted by molar-refractivity contribution is 6.00. The van der Waals surface area contributed by atoms with Crippen LogP contribution in [0.2, 0.25) is 0 Å². The van der Waals surface area contributed by atoms with E-state index in [2.05, 4.69) is 17.3 Å². The predicted molar refractivity (Wildman–Crippen MR) is 71.9 cm³/mol. The van der Waals surface area contributed by atoms with Gasteiger partial charge in [-0.15, -0.1) is 0 Å². The van der Waals surface area contributed by atoms with Crippen LogP contribution in [-0.2, 0) is 0 Å². The third-order valence-corrected chi connectivity index (χ3v) is 3.48. The lowest BCUT2D eigenvalue weighted by Crippen LogP contribution is -2.20. The second-order valence-corrected chi connectivity index (χ2v) is 4.99. The summed E-state index contributed by atoms with van der Waals surface area (Å²) in [5, 5.41) is 12.2. The Bertz CT molecular complexity index is 493. The van der Waals surface area contributed by atoms with Gasteiger partial charge in [-0.05, 0) is 38.1 Å². The molecule has 0 spiro atoms. The van der Waals surface area contributed by atoms with E-state index in [1.54, 1.807) is 0 Å². The molecule has 19 heavy (non-hydrogen) atoms. The molecule has 1 heterocycles. The number of likely N-dealkylation sites (tertiary alicyclic amines) is 1. The number of halogens is 1. The zero-order valence-corrected chi connectivity index (χ0v) is 10.8. The number of carboxylic acids is 1. The van der Waals surface area contributed by atoms with Crippen LogP contribution in [0.1, 0.15) is 16.8 Å². The van der Waals surface area contributed by atoms with Crippen LogP contribution < -0.4 is 11.1 Å². The van der Waals surface area contributed by atoms with Crippen molar-refractivity contribution in [1.29, 1.82) is 0 Å². The molecule has 0 amide bonds. The summed E-state index contributed by atoms with van der Waals surface area (Å²) >= 11 is 0. The second-order valence-electron chi connectivity index (χ2n) is 4.99. The lowest BCUT2D eigenvalue weighted by Gasteiger charge is -2.15. The van der Waals surface area contributed by atoms with Crippen molar-refractivity contribution >= 4 is 17.3 Å². The van der Waals surface area contributed by atoms with Gasteiger partial charge in [-0.25, -0.2) is 9.18 Å². The molecule has 0 bridgehead atoms. The highest BCUT2D eigenvalue weighted by atomic mass is 19.1. The Morgan fingerprint density at radius 2 is 2.37 bits per heavy atom. The van der Waals surface area contributed by atoms with Crippen LogP contribution in [0, 0.1) is 11.7 Å². The van der Waals surface area contributed by atoms with E-state index in [1.165, 1.54) is 12.1 Å². The number of nitrogens with one attached hydrogen (secondary N) is 1. The first kappa shape index (κ1) is 13.6. The van der Waals surface area contributed by atoms with Crippen molar-refractivity contribution in [3.63, 3.8) is 0 Å². The lowest BCUT2D eigenvalue weighted by atomic mass is 10.1. The normalized spacial score (nSPS) is 19.6. The highest BCUT2D eigenvalue weighted by Crippen LogP contribution is 2.26. The van der Waals surface area contributed by atoms with E-state index in [9.17, 15) is 9.18 Å². The minimum atomic E-state index is -1.22. The molecule has 4 N–H and O–H groups in total. The summed E-state index contributed by atoms with van der Waals surface area (Å²) in [6, 6.07) is 2.61. The molecule has 0 saturated carbocycles. The molecular weight excluding hydrogens is 249 g/mol. The van der Waals surface area contributed by atoms with Crippen LogP contribution in [0.3, 0.4) is 0 Å². The van der Waals surface area contributed by atoms with E-state index in [-0.39, 0.29) is 11.3 Å². The fourth-order valence-corrected chi connectivity index (χ4v) is 2.42. The molecule has 5 nitrogen and oxygen atoms in total. The highest BCUT2D eigenvalue weighted by Gasteiger charge is 2.21. The number of hydrogen-bond donors (Lipinski definition) is 3. The first-order valence-electron chi connectivity index (χ1n) is 6.22. The maximum atomic E-state index is 13.3. The van der Waals surface area contributed by atoms with Crippen molar-refractivity contribution in [3.8, 4) is 0 Å².